The van der Waals surface area contributed by atoms with Gasteiger partial charge in [-0.05, 0) is 25.6 Å². The van der Waals surface area contributed by atoms with Crippen molar-refractivity contribution in [1.82, 2.24) is 0 Å². The lowest BCUT2D eigenvalue weighted by atomic mass is 10.1. The molecule has 0 rings (SSSR count). The highest BCUT2D eigenvalue weighted by molar-refractivity contribution is 8.00. The first kappa shape index (κ1) is 13.1. The lowest BCUT2D eigenvalue weighted by Gasteiger charge is -2.18. The maximum atomic E-state index is 11.6. The van der Waals surface area contributed by atoms with Crippen LogP contribution in [0.15, 0.2) is 0 Å². The number of rotatable bonds is 5. The van der Waals surface area contributed by atoms with Crippen molar-refractivity contribution in [1.29, 1.82) is 0 Å². The first-order valence-corrected chi connectivity index (χ1v) is 4.76. The smallest absolute Gasteiger partial charge is 0.379 e. The molecule has 0 heterocycles. The largest absolute Gasteiger partial charge is 0.441 e. The molecule has 0 aromatic carbocycles. The van der Waals surface area contributed by atoms with E-state index in [-0.39, 0.29) is 30.7 Å². The summed E-state index contributed by atoms with van der Waals surface area (Å²) in [6.07, 6.45) is 0. The van der Waals surface area contributed by atoms with E-state index in [0.29, 0.717) is 0 Å². The maximum absolute atomic E-state index is 11.6. The molecule has 0 atom stereocenters. The SMILES string of the molecule is CC(C)(N)COCCSC(F)(F)F. The summed E-state index contributed by atoms with van der Waals surface area (Å²) in [5.41, 5.74) is 0.901. The van der Waals surface area contributed by atoms with Gasteiger partial charge in [-0.3, -0.25) is 0 Å². The molecule has 6 heteroatoms. The second kappa shape index (κ2) is 5.07. The van der Waals surface area contributed by atoms with Gasteiger partial charge in [0.15, 0.2) is 0 Å². The highest BCUT2D eigenvalue weighted by Crippen LogP contribution is 2.29. The van der Waals surface area contributed by atoms with E-state index in [4.69, 9.17) is 10.5 Å². The van der Waals surface area contributed by atoms with Crippen molar-refractivity contribution in [3.05, 3.63) is 0 Å². The number of hydrogen-bond acceptors (Lipinski definition) is 3. The standard InChI is InChI=1S/C7H14F3NOS/c1-6(2,11)5-12-3-4-13-7(8,9)10/h3-5,11H2,1-2H3. The number of nitrogens with two attached hydrogens (primary N) is 1. The summed E-state index contributed by atoms with van der Waals surface area (Å²) in [7, 11) is 0. The third-order valence-electron chi connectivity index (χ3n) is 0.967. The molecule has 0 aliphatic carbocycles. The Morgan fingerprint density at radius 1 is 1.31 bits per heavy atom. The van der Waals surface area contributed by atoms with E-state index in [1.54, 1.807) is 13.8 Å². The first-order chi connectivity index (χ1) is 5.71. The lowest BCUT2D eigenvalue weighted by Crippen LogP contribution is -2.37. The molecule has 2 nitrogen and oxygen atoms in total. The van der Waals surface area contributed by atoms with Crippen LogP contribution in [0.3, 0.4) is 0 Å². The molecule has 0 radical (unpaired) electrons. The van der Waals surface area contributed by atoms with Crippen molar-refractivity contribution >= 4 is 11.8 Å². The molecular weight excluding hydrogens is 203 g/mol. The molecular formula is C7H14F3NOS. The number of halogens is 3. The van der Waals surface area contributed by atoms with Gasteiger partial charge in [0.2, 0.25) is 0 Å². The van der Waals surface area contributed by atoms with Gasteiger partial charge in [-0.1, -0.05) is 0 Å². The van der Waals surface area contributed by atoms with E-state index in [1.807, 2.05) is 0 Å². The zero-order valence-corrected chi connectivity index (χ0v) is 8.47. The van der Waals surface area contributed by atoms with Crippen molar-refractivity contribution in [2.24, 2.45) is 5.73 Å². The molecule has 0 fully saturated rings. The molecule has 80 valence electrons. The molecule has 0 amide bonds. The van der Waals surface area contributed by atoms with Gasteiger partial charge in [0.05, 0.1) is 13.2 Å². The minimum Gasteiger partial charge on any atom is -0.379 e. The van der Waals surface area contributed by atoms with Crippen LogP contribution in [0.1, 0.15) is 13.8 Å². The Morgan fingerprint density at radius 2 is 1.85 bits per heavy atom. The average Bonchev–Trinajstić information content (AvgIpc) is 1.81. The summed E-state index contributed by atoms with van der Waals surface area (Å²) < 4.78 is 39.7. The molecule has 0 aromatic heterocycles. The minimum absolute atomic E-state index is 0.0742. The molecule has 0 spiro atoms. The predicted molar refractivity (Wildman–Crippen MR) is 47.6 cm³/mol. The third-order valence-corrected chi connectivity index (χ3v) is 1.67. The first-order valence-electron chi connectivity index (χ1n) is 3.78. The summed E-state index contributed by atoms with van der Waals surface area (Å²) >= 11 is -0.0817. The zero-order chi connectivity index (χ0) is 10.5. The van der Waals surface area contributed by atoms with Gasteiger partial charge in [0.25, 0.3) is 0 Å². The minimum atomic E-state index is -4.17. The van der Waals surface area contributed by atoms with Gasteiger partial charge in [-0.25, -0.2) is 0 Å². The normalized spacial score (nSPS) is 13.4. The molecule has 0 aliphatic rings. The average molecular weight is 217 g/mol. The Kier molecular flexibility index (Phi) is 5.09. The molecule has 0 saturated carbocycles. The fraction of sp³-hybridized carbons (Fsp3) is 1.00. The van der Waals surface area contributed by atoms with Gasteiger partial charge in [0.1, 0.15) is 0 Å². The van der Waals surface area contributed by atoms with Crippen molar-refractivity contribution in [3.63, 3.8) is 0 Å². The van der Waals surface area contributed by atoms with Gasteiger partial charge in [0, 0.05) is 11.3 Å². The van der Waals surface area contributed by atoms with Crippen LogP contribution >= 0.6 is 11.8 Å². The number of alkyl halides is 3. The van der Waals surface area contributed by atoms with E-state index in [0.717, 1.165) is 0 Å². The van der Waals surface area contributed by atoms with E-state index in [1.165, 1.54) is 0 Å². The second-order valence-corrected chi connectivity index (χ2v) is 4.50. The Hall–Kier alpha value is 0.0600. The summed E-state index contributed by atoms with van der Waals surface area (Å²) in [4.78, 5) is 0. The topological polar surface area (TPSA) is 35.2 Å². The fourth-order valence-corrected chi connectivity index (χ4v) is 0.984. The highest BCUT2D eigenvalue weighted by Gasteiger charge is 2.27. The van der Waals surface area contributed by atoms with E-state index in [2.05, 4.69) is 0 Å². The number of hydrogen-bond donors (Lipinski definition) is 1. The second-order valence-electron chi connectivity index (χ2n) is 3.34. The maximum Gasteiger partial charge on any atom is 0.441 e. The van der Waals surface area contributed by atoms with Crippen LogP contribution in [-0.2, 0) is 4.74 Å². The van der Waals surface area contributed by atoms with Gasteiger partial charge in [-0.2, -0.15) is 13.2 Å². The third kappa shape index (κ3) is 12.1. The zero-order valence-electron chi connectivity index (χ0n) is 7.65. The summed E-state index contributed by atoms with van der Waals surface area (Å²) in [5, 5.41) is 0. The van der Waals surface area contributed by atoms with Crippen LogP contribution in [0, 0.1) is 0 Å². The van der Waals surface area contributed by atoms with Crippen LogP contribution in [-0.4, -0.2) is 30.0 Å². The van der Waals surface area contributed by atoms with Gasteiger partial charge in [-0.15, -0.1) is 0 Å². The van der Waals surface area contributed by atoms with Crippen molar-refractivity contribution in [2.45, 2.75) is 24.9 Å². The number of thioether (sulfide) groups is 1. The summed E-state index contributed by atoms with van der Waals surface area (Å²) in [6.45, 7) is 3.85. The molecule has 0 unspecified atom stereocenters. The monoisotopic (exact) mass is 217 g/mol. The van der Waals surface area contributed by atoms with Crippen molar-refractivity contribution in [3.8, 4) is 0 Å². The predicted octanol–water partition coefficient (Wildman–Crippen LogP) is 1.99. The molecule has 2 N–H and O–H groups in total. The molecule has 0 aromatic rings. The van der Waals surface area contributed by atoms with Crippen LogP contribution in [0.4, 0.5) is 13.2 Å². The Bertz CT molecular complexity index is 128. The lowest BCUT2D eigenvalue weighted by molar-refractivity contribution is -0.0332. The quantitative estimate of drug-likeness (QED) is 0.715. The van der Waals surface area contributed by atoms with E-state index in [9.17, 15) is 13.2 Å². The Labute approximate surface area is 80.0 Å². The number of ether oxygens (including phenoxy) is 1. The molecule has 0 bridgehead atoms. The molecule has 0 saturated heterocycles. The van der Waals surface area contributed by atoms with E-state index < -0.39 is 11.0 Å². The van der Waals surface area contributed by atoms with Gasteiger partial charge < -0.3 is 10.5 Å². The van der Waals surface area contributed by atoms with Crippen LogP contribution < -0.4 is 5.73 Å². The highest BCUT2D eigenvalue weighted by atomic mass is 32.2. The van der Waals surface area contributed by atoms with Crippen molar-refractivity contribution < 1.29 is 17.9 Å². The summed E-state index contributed by atoms with van der Waals surface area (Å²) in [5.74, 6) is -0.0837. The fourth-order valence-electron chi connectivity index (χ4n) is 0.552. The summed E-state index contributed by atoms with van der Waals surface area (Å²) in [6, 6.07) is 0. The van der Waals surface area contributed by atoms with Crippen molar-refractivity contribution in [2.75, 3.05) is 19.0 Å². The van der Waals surface area contributed by atoms with Crippen LogP contribution in [0.2, 0.25) is 0 Å². The van der Waals surface area contributed by atoms with Gasteiger partial charge >= 0.3 is 5.51 Å². The van der Waals surface area contributed by atoms with E-state index >= 15 is 0 Å². The Morgan fingerprint density at radius 3 is 2.23 bits per heavy atom. The molecule has 0 aliphatic heterocycles. The Balaban J connectivity index is 3.28. The molecule has 13 heavy (non-hydrogen) atoms. The van der Waals surface area contributed by atoms with Crippen LogP contribution in [0.25, 0.3) is 0 Å². The van der Waals surface area contributed by atoms with Crippen LogP contribution in [0.5, 0.6) is 0 Å².